The number of hydrogen-bond donors (Lipinski definition) is 1. The Morgan fingerprint density at radius 2 is 1.51 bits per heavy atom. The maximum Gasteiger partial charge on any atom is 0.264 e. The smallest absolute Gasteiger partial charge is 0.264 e. The third kappa shape index (κ3) is 6.99. The van der Waals surface area contributed by atoms with E-state index in [0.717, 1.165) is 30.0 Å². The topological polar surface area (TPSA) is 86.8 Å². The van der Waals surface area contributed by atoms with Gasteiger partial charge in [0.1, 0.15) is 12.6 Å². The van der Waals surface area contributed by atoms with Gasteiger partial charge in [0.15, 0.2) is 0 Å². The Balaban J connectivity index is 1.69. The number of nitrogens with zero attached hydrogens (tertiary/aromatic N) is 2. The minimum atomic E-state index is -4.08. The summed E-state index contributed by atoms with van der Waals surface area (Å²) in [5, 5.41) is 3.58. The van der Waals surface area contributed by atoms with Crippen molar-refractivity contribution in [2.45, 2.75) is 62.6 Å². The number of carbonyl (C=O) groups is 2. The van der Waals surface area contributed by atoms with E-state index in [1.165, 1.54) is 17.0 Å². The van der Waals surface area contributed by atoms with E-state index in [1.807, 2.05) is 13.0 Å². The van der Waals surface area contributed by atoms with E-state index in [9.17, 15) is 18.0 Å². The lowest BCUT2D eigenvalue weighted by Gasteiger charge is -2.34. The molecule has 0 bridgehead atoms. The molecular formula is C30H34ClN3O4S. The average molecular weight is 568 g/mol. The minimum absolute atomic E-state index is 0.0725. The molecule has 0 heterocycles. The van der Waals surface area contributed by atoms with E-state index >= 15 is 0 Å². The summed E-state index contributed by atoms with van der Waals surface area (Å²) >= 11 is 6.45. The zero-order valence-corrected chi connectivity index (χ0v) is 23.6. The van der Waals surface area contributed by atoms with Crippen molar-refractivity contribution in [1.82, 2.24) is 10.2 Å². The van der Waals surface area contributed by atoms with Crippen LogP contribution >= 0.6 is 11.6 Å². The number of nitrogens with one attached hydrogen (secondary N) is 1. The largest absolute Gasteiger partial charge is 0.352 e. The van der Waals surface area contributed by atoms with Gasteiger partial charge in [-0.1, -0.05) is 86.0 Å². The summed E-state index contributed by atoms with van der Waals surface area (Å²) in [4.78, 5) is 29.0. The highest BCUT2D eigenvalue weighted by molar-refractivity contribution is 7.92. The molecule has 206 valence electrons. The molecule has 39 heavy (non-hydrogen) atoms. The number of rotatable bonds is 11. The van der Waals surface area contributed by atoms with Gasteiger partial charge in [-0.05, 0) is 55.2 Å². The molecule has 9 heteroatoms. The monoisotopic (exact) mass is 567 g/mol. The Bertz CT molecular complexity index is 1360. The Hall–Kier alpha value is -3.36. The Kier molecular flexibility index (Phi) is 9.64. The van der Waals surface area contributed by atoms with E-state index in [1.54, 1.807) is 66.7 Å². The number of para-hydroxylation sites is 1. The van der Waals surface area contributed by atoms with Gasteiger partial charge < -0.3 is 10.2 Å². The molecule has 0 aromatic heterocycles. The van der Waals surface area contributed by atoms with Gasteiger partial charge in [-0.15, -0.1) is 0 Å². The normalized spacial score (nSPS) is 14.5. The second-order valence-electron chi connectivity index (χ2n) is 9.69. The van der Waals surface area contributed by atoms with Gasteiger partial charge >= 0.3 is 0 Å². The summed E-state index contributed by atoms with van der Waals surface area (Å²) < 4.78 is 28.6. The highest BCUT2D eigenvalue weighted by atomic mass is 35.5. The number of carbonyl (C=O) groups excluding carboxylic acids is 2. The van der Waals surface area contributed by atoms with Gasteiger partial charge in [0.05, 0.1) is 10.6 Å². The fraction of sp³-hybridized carbons (Fsp3) is 0.333. The standard InChI is InChI=1S/C30H34ClN3O4S/c1-2-28(30(36)32-24-14-10-11-15-24)33(21-23-13-9-12-20-27(23)31)29(35)22-34(25-16-5-3-6-17-25)39(37,38)26-18-7-4-8-19-26/h3-9,12-13,16-20,24,28H,2,10-11,14-15,21-22H2,1H3,(H,32,36). The second kappa shape index (κ2) is 13.1. The predicted molar refractivity (Wildman–Crippen MR) is 154 cm³/mol. The van der Waals surface area contributed by atoms with Crippen molar-refractivity contribution in [3.63, 3.8) is 0 Å². The van der Waals surface area contributed by atoms with Gasteiger partial charge in [-0.3, -0.25) is 13.9 Å². The number of amides is 2. The molecule has 0 aliphatic heterocycles. The zero-order valence-electron chi connectivity index (χ0n) is 22.0. The van der Waals surface area contributed by atoms with E-state index in [0.29, 0.717) is 22.7 Å². The van der Waals surface area contributed by atoms with Crippen LogP contribution in [0.4, 0.5) is 5.69 Å². The molecule has 0 saturated heterocycles. The van der Waals surface area contributed by atoms with Crippen molar-refractivity contribution in [3.8, 4) is 0 Å². The van der Waals surface area contributed by atoms with Crippen LogP contribution in [-0.2, 0) is 26.2 Å². The first kappa shape index (κ1) is 28.6. The van der Waals surface area contributed by atoms with Crippen molar-refractivity contribution in [1.29, 1.82) is 0 Å². The first-order valence-electron chi connectivity index (χ1n) is 13.3. The lowest BCUT2D eigenvalue weighted by molar-refractivity contribution is -0.140. The quantitative estimate of drug-likeness (QED) is 0.336. The molecule has 1 N–H and O–H groups in total. The molecule has 0 spiro atoms. The van der Waals surface area contributed by atoms with Gasteiger partial charge in [-0.2, -0.15) is 0 Å². The maximum atomic E-state index is 14.1. The SMILES string of the molecule is CCC(C(=O)NC1CCCC1)N(Cc1ccccc1Cl)C(=O)CN(c1ccccc1)S(=O)(=O)c1ccccc1. The fourth-order valence-electron chi connectivity index (χ4n) is 4.94. The highest BCUT2D eigenvalue weighted by Crippen LogP contribution is 2.26. The average Bonchev–Trinajstić information content (AvgIpc) is 3.46. The predicted octanol–water partition coefficient (Wildman–Crippen LogP) is 5.40. The third-order valence-electron chi connectivity index (χ3n) is 7.04. The lowest BCUT2D eigenvalue weighted by Crippen LogP contribution is -2.53. The molecule has 3 aromatic rings. The fourth-order valence-corrected chi connectivity index (χ4v) is 6.57. The Morgan fingerprint density at radius 3 is 2.13 bits per heavy atom. The molecule has 3 aromatic carbocycles. The summed E-state index contributed by atoms with van der Waals surface area (Å²) in [6.45, 7) is 1.45. The molecule has 0 radical (unpaired) electrons. The van der Waals surface area contributed by atoms with Crippen LogP contribution in [-0.4, -0.2) is 43.8 Å². The summed E-state index contributed by atoms with van der Waals surface area (Å²) in [5.41, 5.74) is 1.03. The van der Waals surface area contributed by atoms with Crippen LogP contribution in [0.1, 0.15) is 44.6 Å². The van der Waals surface area contributed by atoms with E-state index in [2.05, 4.69) is 5.32 Å². The van der Waals surface area contributed by atoms with Crippen LogP contribution in [0.25, 0.3) is 0 Å². The first-order chi connectivity index (χ1) is 18.8. The molecule has 4 rings (SSSR count). The van der Waals surface area contributed by atoms with Crippen LogP contribution in [0, 0.1) is 0 Å². The lowest BCUT2D eigenvalue weighted by atomic mass is 10.1. The molecule has 1 aliphatic carbocycles. The van der Waals surface area contributed by atoms with Crippen molar-refractivity contribution in [3.05, 3.63) is 95.5 Å². The molecular weight excluding hydrogens is 534 g/mol. The third-order valence-corrected chi connectivity index (χ3v) is 9.20. The van der Waals surface area contributed by atoms with Crippen molar-refractivity contribution < 1.29 is 18.0 Å². The van der Waals surface area contributed by atoms with Crippen LogP contribution in [0.5, 0.6) is 0 Å². The molecule has 1 unspecified atom stereocenters. The zero-order chi connectivity index (χ0) is 27.8. The van der Waals surface area contributed by atoms with E-state index < -0.39 is 28.5 Å². The van der Waals surface area contributed by atoms with Crippen LogP contribution in [0.2, 0.25) is 5.02 Å². The Morgan fingerprint density at radius 1 is 0.923 bits per heavy atom. The van der Waals surface area contributed by atoms with E-state index in [4.69, 9.17) is 11.6 Å². The summed E-state index contributed by atoms with van der Waals surface area (Å²) in [6.07, 6.45) is 4.32. The van der Waals surface area contributed by atoms with Crippen LogP contribution in [0.15, 0.2) is 89.8 Å². The number of anilines is 1. The summed E-state index contributed by atoms with van der Waals surface area (Å²) in [7, 11) is -4.08. The molecule has 2 amide bonds. The van der Waals surface area contributed by atoms with Gasteiger partial charge in [0, 0.05) is 17.6 Å². The number of halogens is 1. The highest BCUT2D eigenvalue weighted by Gasteiger charge is 2.34. The minimum Gasteiger partial charge on any atom is -0.352 e. The van der Waals surface area contributed by atoms with Gasteiger partial charge in [0.2, 0.25) is 11.8 Å². The molecule has 7 nitrogen and oxygen atoms in total. The van der Waals surface area contributed by atoms with Crippen molar-refractivity contribution in [2.75, 3.05) is 10.8 Å². The van der Waals surface area contributed by atoms with Gasteiger partial charge in [0.25, 0.3) is 10.0 Å². The van der Waals surface area contributed by atoms with Crippen molar-refractivity contribution in [2.24, 2.45) is 0 Å². The Labute approximate surface area is 235 Å². The number of hydrogen-bond acceptors (Lipinski definition) is 4. The summed E-state index contributed by atoms with van der Waals surface area (Å²) in [5.74, 6) is -0.728. The molecule has 1 aliphatic rings. The van der Waals surface area contributed by atoms with Crippen LogP contribution < -0.4 is 9.62 Å². The first-order valence-corrected chi connectivity index (χ1v) is 15.1. The number of benzene rings is 3. The maximum absolute atomic E-state index is 14.1. The van der Waals surface area contributed by atoms with E-state index in [-0.39, 0.29) is 23.4 Å². The van der Waals surface area contributed by atoms with Crippen LogP contribution in [0.3, 0.4) is 0 Å². The van der Waals surface area contributed by atoms with Crippen molar-refractivity contribution >= 4 is 39.1 Å². The molecule has 1 atom stereocenters. The molecule has 1 saturated carbocycles. The second-order valence-corrected chi connectivity index (χ2v) is 12.0. The summed E-state index contributed by atoms with van der Waals surface area (Å²) in [6, 6.07) is 23.0. The number of sulfonamides is 1. The molecule has 1 fully saturated rings. The van der Waals surface area contributed by atoms with Gasteiger partial charge in [-0.25, -0.2) is 8.42 Å².